The quantitative estimate of drug-likeness (QED) is 0.430. The molecule has 0 radical (unpaired) electrons. The molecule has 0 bridgehead atoms. The minimum atomic E-state index is -0.391. The summed E-state index contributed by atoms with van der Waals surface area (Å²) < 4.78 is 10.6. The first-order valence-electron chi connectivity index (χ1n) is 7.30. The van der Waals surface area contributed by atoms with Crippen LogP contribution in [0.15, 0.2) is 18.2 Å². The molecule has 6 heteroatoms. The molecule has 1 fully saturated rings. The predicted octanol–water partition coefficient (Wildman–Crippen LogP) is 2.51. The summed E-state index contributed by atoms with van der Waals surface area (Å²) in [5.74, 6) is 0.922. The molecule has 0 spiro atoms. The number of nitro groups is 1. The first-order valence-corrected chi connectivity index (χ1v) is 7.30. The van der Waals surface area contributed by atoms with E-state index in [1.165, 1.54) is 12.5 Å². The van der Waals surface area contributed by atoms with Crippen LogP contribution in [0.25, 0.3) is 0 Å². The van der Waals surface area contributed by atoms with Crippen molar-refractivity contribution in [1.29, 1.82) is 0 Å². The number of rotatable bonds is 9. The van der Waals surface area contributed by atoms with Crippen molar-refractivity contribution in [3.8, 4) is 5.75 Å². The van der Waals surface area contributed by atoms with Gasteiger partial charge in [0.2, 0.25) is 0 Å². The molecule has 0 saturated heterocycles. The number of ether oxygens (including phenoxy) is 2. The molecule has 0 heterocycles. The fraction of sp³-hybridized carbons (Fsp3) is 0.600. The Bertz CT molecular complexity index is 475. The van der Waals surface area contributed by atoms with Crippen molar-refractivity contribution >= 4 is 5.69 Å². The topological polar surface area (TPSA) is 73.6 Å². The molecular formula is C15H22N2O4. The molecule has 1 aromatic carbocycles. The average Bonchev–Trinajstić information content (AvgIpc) is 2.42. The van der Waals surface area contributed by atoms with E-state index in [1.807, 2.05) is 0 Å². The molecule has 1 saturated carbocycles. The van der Waals surface area contributed by atoms with Crippen LogP contribution in [0.4, 0.5) is 5.69 Å². The zero-order valence-corrected chi connectivity index (χ0v) is 12.3. The minimum Gasteiger partial charge on any atom is -0.487 e. The van der Waals surface area contributed by atoms with E-state index in [2.05, 4.69) is 5.32 Å². The summed E-state index contributed by atoms with van der Waals surface area (Å²) in [4.78, 5) is 10.7. The lowest BCUT2D eigenvalue weighted by Gasteiger charge is -2.25. The average molecular weight is 294 g/mol. The van der Waals surface area contributed by atoms with Gasteiger partial charge in [0, 0.05) is 26.3 Å². The van der Waals surface area contributed by atoms with Crippen LogP contribution >= 0.6 is 0 Å². The summed E-state index contributed by atoms with van der Waals surface area (Å²) in [6.07, 6.45) is 3.55. The van der Waals surface area contributed by atoms with E-state index in [9.17, 15) is 10.1 Å². The Labute approximate surface area is 124 Å². The summed E-state index contributed by atoms with van der Waals surface area (Å²) in [6.45, 7) is 2.59. The van der Waals surface area contributed by atoms with Crippen molar-refractivity contribution in [2.45, 2.75) is 25.8 Å². The van der Waals surface area contributed by atoms with Gasteiger partial charge in [-0.15, -0.1) is 0 Å². The summed E-state index contributed by atoms with van der Waals surface area (Å²) in [5, 5.41) is 14.3. The van der Waals surface area contributed by atoms with Crippen molar-refractivity contribution in [2.24, 2.45) is 5.92 Å². The fourth-order valence-corrected chi connectivity index (χ4v) is 2.21. The molecule has 0 aliphatic heterocycles. The second-order valence-electron chi connectivity index (χ2n) is 5.34. The Balaban J connectivity index is 1.97. The third-order valence-electron chi connectivity index (χ3n) is 3.73. The van der Waals surface area contributed by atoms with Gasteiger partial charge in [0.05, 0.1) is 18.1 Å². The van der Waals surface area contributed by atoms with E-state index >= 15 is 0 Å². The van der Waals surface area contributed by atoms with E-state index in [0.717, 1.165) is 24.9 Å². The summed E-state index contributed by atoms with van der Waals surface area (Å²) in [5.41, 5.74) is 1.01. The standard InChI is InChI=1S/C15H22N2O4/c1-20-8-7-16-10-13-5-6-14(17(18)19)15(9-13)21-11-12-3-2-4-12/h5-6,9,12,16H,2-4,7-8,10-11H2,1H3. The Kier molecular flexibility index (Phi) is 5.95. The van der Waals surface area contributed by atoms with E-state index in [0.29, 0.717) is 31.4 Å². The zero-order chi connectivity index (χ0) is 15.1. The fourth-order valence-electron chi connectivity index (χ4n) is 2.21. The van der Waals surface area contributed by atoms with Gasteiger partial charge in [-0.3, -0.25) is 10.1 Å². The van der Waals surface area contributed by atoms with Crippen molar-refractivity contribution in [1.82, 2.24) is 5.32 Å². The van der Waals surface area contributed by atoms with Crippen molar-refractivity contribution in [2.75, 3.05) is 26.9 Å². The van der Waals surface area contributed by atoms with Gasteiger partial charge in [0.25, 0.3) is 0 Å². The van der Waals surface area contributed by atoms with Gasteiger partial charge in [-0.25, -0.2) is 0 Å². The van der Waals surface area contributed by atoms with Gasteiger partial charge in [-0.05, 0) is 30.4 Å². The number of methoxy groups -OCH3 is 1. The zero-order valence-electron chi connectivity index (χ0n) is 12.3. The number of hydrogen-bond acceptors (Lipinski definition) is 5. The van der Waals surface area contributed by atoms with Gasteiger partial charge >= 0.3 is 5.69 Å². The smallest absolute Gasteiger partial charge is 0.310 e. The number of benzene rings is 1. The highest BCUT2D eigenvalue weighted by Crippen LogP contribution is 2.31. The SMILES string of the molecule is COCCNCc1ccc([N+](=O)[O-])c(OCC2CCC2)c1. The molecule has 0 atom stereocenters. The maximum atomic E-state index is 11.1. The monoisotopic (exact) mass is 294 g/mol. The van der Waals surface area contributed by atoms with Crippen molar-refractivity contribution < 1.29 is 14.4 Å². The molecule has 0 unspecified atom stereocenters. The molecule has 2 rings (SSSR count). The van der Waals surface area contributed by atoms with Crippen LogP contribution in [0.5, 0.6) is 5.75 Å². The first kappa shape index (κ1) is 15.7. The second kappa shape index (κ2) is 7.95. The normalized spacial score (nSPS) is 14.7. The molecule has 6 nitrogen and oxygen atoms in total. The van der Waals surface area contributed by atoms with Gasteiger partial charge < -0.3 is 14.8 Å². The Morgan fingerprint density at radius 2 is 2.24 bits per heavy atom. The largest absolute Gasteiger partial charge is 0.487 e. The van der Waals surface area contributed by atoms with E-state index in [4.69, 9.17) is 9.47 Å². The molecule has 0 amide bonds. The third kappa shape index (κ3) is 4.68. The summed E-state index contributed by atoms with van der Waals surface area (Å²) in [7, 11) is 1.65. The van der Waals surface area contributed by atoms with Crippen LogP contribution in [-0.4, -0.2) is 31.8 Å². The van der Waals surface area contributed by atoms with Crippen molar-refractivity contribution in [3.63, 3.8) is 0 Å². The van der Waals surface area contributed by atoms with Crippen LogP contribution in [0.1, 0.15) is 24.8 Å². The molecule has 1 aliphatic carbocycles. The number of nitro benzene ring substituents is 1. The highest BCUT2D eigenvalue weighted by Gasteiger charge is 2.21. The van der Waals surface area contributed by atoms with Crippen LogP contribution in [0, 0.1) is 16.0 Å². The Hall–Kier alpha value is -1.66. The second-order valence-corrected chi connectivity index (χ2v) is 5.34. The lowest BCUT2D eigenvalue weighted by molar-refractivity contribution is -0.385. The van der Waals surface area contributed by atoms with Crippen molar-refractivity contribution in [3.05, 3.63) is 33.9 Å². The van der Waals surface area contributed by atoms with E-state index < -0.39 is 4.92 Å². The molecule has 116 valence electrons. The lowest BCUT2D eigenvalue weighted by Crippen LogP contribution is -2.20. The van der Waals surface area contributed by atoms with E-state index in [-0.39, 0.29) is 5.69 Å². The maximum Gasteiger partial charge on any atom is 0.310 e. The Morgan fingerprint density at radius 3 is 2.86 bits per heavy atom. The highest BCUT2D eigenvalue weighted by molar-refractivity contribution is 5.48. The van der Waals surface area contributed by atoms with Crippen LogP contribution in [0.3, 0.4) is 0 Å². The maximum absolute atomic E-state index is 11.1. The first-order chi connectivity index (χ1) is 10.2. The Morgan fingerprint density at radius 1 is 1.43 bits per heavy atom. The van der Waals surface area contributed by atoms with Gasteiger partial charge in [-0.1, -0.05) is 12.5 Å². The molecule has 1 aliphatic rings. The summed E-state index contributed by atoms with van der Waals surface area (Å²) >= 11 is 0. The highest BCUT2D eigenvalue weighted by atomic mass is 16.6. The molecule has 0 aromatic heterocycles. The third-order valence-corrected chi connectivity index (χ3v) is 3.73. The molecular weight excluding hydrogens is 272 g/mol. The van der Waals surface area contributed by atoms with Gasteiger partial charge in [-0.2, -0.15) is 0 Å². The minimum absolute atomic E-state index is 0.0370. The number of hydrogen-bond donors (Lipinski definition) is 1. The number of nitrogens with zero attached hydrogens (tertiary/aromatic N) is 1. The number of nitrogens with one attached hydrogen (secondary N) is 1. The summed E-state index contributed by atoms with van der Waals surface area (Å²) in [6, 6.07) is 5.04. The van der Waals surface area contributed by atoms with Crippen LogP contribution in [0.2, 0.25) is 0 Å². The molecule has 1 N–H and O–H groups in total. The lowest BCUT2D eigenvalue weighted by atomic mass is 9.86. The van der Waals surface area contributed by atoms with Crippen LogP contribution in [-0.2, 0) is 11.3 Å². The van der Waals surface area contributed by atoms with Gasteiger partial charge in [0.15, 0.2) is 5.75 Å². The van der Waals surface area contributed by atoms with E-state index in [1.54, 1.807) is 19.2 Å². The molecule has 21 heavy (non-hydrogen) atoms. The van der Waals surface area contributed by atoms with Gasteiger partial charge in [0.1, 0.15) is 0 Å². The van der Waals surface area contributed by atoms with Crippen LogP contribution < -0.4 is 10.1 Å². The molecule has 1 aromatic rings. The predicted molar refractivity (Wildman–Crippen MR) is 79.5 cm³/mol.